The lowest BCUT2D eigenvalue weighted by Crippen LogP contribution is -2.51. The number of carbonyl (C=O) groups excluding carboxylic acids is 2. The zero-order valence-electron chi connectivity index (χ0n) is 27.4. The standard InChI is InChI=1S/C35H66N2O4/c1-6-8-9-16-20-31(38)21-17-14-12-10-11-13-15-18-22-34(39)41-26-25-30(19-7-2)36-35(40)37-33-27-29(5)23-24-32(33)28(3)4/h14,17,28-33,38H,6-13,15-16,18-27H2,1-5H3,(H2,36,37,40)/b17-14-. The highest BCUT2D eigenvalue weighted by molar-refractivity contribution is 5.74. The van der Waals surface area contributed by atoms with Crippen molar-refractivity contribution in [3.05, 3.63) is 12.2 Å². The van der Waals surface area contributed by atoms with Gasteiger partial charge in [-0.1, -0.05) is 105 Å². The summed E-state index contributed by atoms with van der Waals surface area (Å²) in [6, 6.07) is 0.180. The van der Waals surface area contributed by atoms with E-state index in [1.54, 1.807) is 0 Å². The first-order chi connectivity index (χ1) is 19.8. The fraction of sp³-hybridized carbons (Fsp3) is 0.886. The molecular formula is C35H66N2O4. The smallest absolute Gasteiger partial charge is 0.315 e. The van der Waals surface area contributed by atoms with E-state index in [2.05, 4.69) is 57.4 Å². The number of allylic oxidation sites excluding steroid dienone is 1. The van der Waals surface area contributed by atoms with Crippen LogP contribution in [0.1, 0.15) is 157 Å². The molecule has 1 rings (SSSR count). The van der Waals surface area contributed by atoms with E-state index in [9.17, 15) is 14.7 Å². The predicted octanol–water partition coefficient (Wildman–Crippen LogP) is 8.86. The van der Waals surface area contributed by atoms with Gasteiger partial charge in [-0.25, -0.2) is 4.79 Å². The average Bonchev–Trinajstić information content (AvgIpc) is 2.92. The molecule has 3 N–H and O–H groups in total. The molecule has 0 bridgehead atoms. The number of unbranched alkanes of at least 4 members (excludes halogenated alkanes) is 8. The summed E-state index contributed by atoms with van der Waals surface area (Å²) in [5.41, 5.74) is 0. The summed E-state index contributed by atoms with van der Waals surface area (Å²) in [5, 5.41) is 16.4. The number of aliphatic hydroxyl groups excluding tert-OH is 1. The van der Waals surface area contributed by atoms with Gasteiger partial charge in [-0.05, 0) is 69.1 Å². The van der Waals surface area contributed by atoms with Gasteiger partial charge in [0, 0.05) is 24.9 Å². The molecule has 0 aromatic carbocycles. The van der Waals surface area contributed by atoms with Gasteiger partial charge in [0.25, 0.3) is 0 Å². The number of ether oxygens (including phenoxy) is 1. The zero-order valence-corrected chi connectivity index (χ0v) is 27.4. The molecular weight excluding hydrogens is 512 g/mol. The summed E-state index contributed by atoms with van der Waals surface area (Å²) in [6.07, 6.45) is 23.6. The Morgan fingerprint density at radius 3 is 2.37 bits per heavy atom. The molecule has 1 saturated carbocycles. The Morgan fingerprint density at radius 2 is 1.63 bits per heavy atom. The minimum Gasteiger partial charge on any atom is -0.466 e. The SMILES string of the molecule is CCCCCCC(O)C/C=C\CCCCCCCC(=O)OCCC(CCC)NC(=O)NC1CC(C)CCC1C(C)C. The summed E-state index contributed by atoms with van der Waals surface area (Å²) in [4.78, 5) is 25.0. The Bertz CT molecular complexity index is 696. The molecule has 2 amide bonds. The molecule has 6 heteroatoms. The average molecular weight is 579 g/mol. The molecule has 5 atom stereocenters. The van der Waals surface area contributed by atoms with Gasteiger partial charge in [-0.3, -0.25) is 4.79 Å². The van der Waals surface area contributed by atoms with Crippen LogP contribution >= 0.6 is 0 Å². The number of hydrogen-bond donors (Lipinski definition) is 3. The molecule has 41 heavy (non-hydrogen) atoms. The van der Waals surface area contributed by atoms with E-state index in [1.165, 1.54) is 38.5 Å². The van der Waals surface area contributed by atoms with E-state index in [1.807, 2.05) is 0 Å². The molecule has 1 aliphatic carbocycles. The zero-order chi connectivity index (χ0) is 30.3. The van der Waals surface area contributed by atoms with Gasteiger partial charge in [0.15, 0.2) is 0 Å². The summed E-state index contributed by atoms with van der Waals surface area (Å²) in [6.45, 7) is 11.5. The van der Waals surface area contributed by atoms with Gasteiger partial charge < -0.3 is 20.5 Å². The molecule has 240 valence electrons. The number of nitrogens with one attached hydrogen (secondary N) is 2. The second-order valence-corrected chi connectivity index (χ2v) is 13.1. The highest BCUT2D eigenvalue weighted by Crippen LogP contribution is 2.33. The summed E-state index contributed by atoms with van der Waals surface area (Å²) in [5.74, 6) is 1.63. The quantitative estimate of drug-likeness (QED) is 0.0642. The largest absolute Gasteiger partial charge is 0.466 e. The van der Waals surface area contributed by atoms with Gasteiger partial charge in [0.2, 0.25) is 0 Å². The molecule has 0 heterocycles. The van der Waals surface area contributed by atoms with E-state index in [0.717, 1.165) is 70.6 Å². The van der Waals surface area contributed by atoms with E-state index >= 15 is 0 Å². The van der Waals surface area contributed by atoms with Gasteiger partial charge in [-0.15, -0.1) is 0 Å². The van der Waals surface area contributed by atoms with Crippen LogP contribution in [0.15, 0.2) is 12.2 Å². The van der Waals surface area contributed by atoms with Gasteiger partial charge in [0.05, 0.1) is 12.7 Å². The maximum Gasteiger partial charge on any atom is 0.315 e. The van der Waals surface area contributed by atoms with Crippen LogP contribution in [-0.2, 0) is 9.53 Å². The van der Waals surface area contributed by atoms with Crippen molar-refractivity contribution in [3.63, 3.8) is 0 Å². The maximum atomic E-state index is 12.8. The molecule has 0 saturated heterocycles. The predicted molar refractivity (Wildman–Crippen MR) is 172 cm³/mol. The van der Waals surface area contributed by atoms with Crippen LogP contribution in [0.25, 0.3) is 0 Å². The lowest BCUT2D eigenvalue weighted by Gasteiger charge is -2.38. The fourth-order valence-electron chi connectivity index (χ4n) is 6.15. The van der Waals surface area contributed by atoms with Crippen LogP contribution in [0.2, 0.25) is 0 Å². The lowest BCUT2D eigenvalue weighted by atomic mass is 9.74. The third-order valence-electron chi connectivity index (χ3n) is 8.76. The number of rotatable bonds is 23. The summed E-state index contributed by atoms with van der Waals surface area (Å²) < 4.78 is 5.50. The molecule has 0 aromatic rings. The van der Waals surface area contributed by atoms with E-state index < -0.39 is 0 Å². The Balaban J connectivity index is 2.12. The second-order valence-electron chi connectivity index (χ2n) is 13.1. The number of aliphatic hydroxyl groups is 1. The van der Waals surface area contributed by atoms with Crippen molar-refractivity contribution in [2.24, 2.45) is 17.8 Å². The second kappa shape index (κ2) is 23.9. The van der Waals surface area contributed by atoms with E-state index in [0.29, 0.717) is 37.2 Å². The van der Waals surface area contributed by atoms with Crippen LogP contribution < -0.4 is 10.6 Å². The number of amides is 2. The summed E-state index contributed by atoms with van der Waals surface area (Å²) >= 11 is 0. The third kappa shape index (κ3) is 19.3. The van der Waals surface area contributed by atoms with Crippen LogP contribution in [0.3, 0.4) is 0 Å². The molecule has 6 nitrogen and oxygen atoms in total. The van der Waals surface area contributed by atoms with Gasteiger partial charge >= 0.3 is 12.0 Å². The highest BCUT2D eigenvalue weighted by atomic mass is 16.5. The Labute approximate surface area is 253 Å². The molecule has 1 fully saturated rings. The molecule has 0 aliphatic heterocycles. The van der Waals surface area contributed by atoms with Crippen LogP contribution in [0.5, 0.6) is 0 Å². The number of hydrogen-bond acceptors (Lipinski definition) is 4. The summed E-state index contributed by atoms with van der Waals surface area (Å²) in [7, 11) is 0. The third-order valence-corrected chi connectivity index (χ3v) is 8.76. The maximum absolute atomic E-state index is 12.8. The van der Waals surface area contributed by atoms with Crippen molar-refractivity contribution in [1.82, 2.24) is 10.6 Å². The Hall–Kier alpha value is -1.56. The van der Waals surface area contributed by atoms with E-state index in [4.69, 9.17) is 4.74 Å². The molecule has 0 spiro atoms. The number of esters is 1. The monoisotopic (exact) mass is 579 g/mol. The minimum atomic E-state index is -0.191. The Kier molecular flexibility index (Phi) is 21.9. The van der Waals surface area contributed by atoms with Crippen LogP contribution in [-0.4, -0.2) is 41.9 Å². The van der Waals surface area contributed by atoms with Crippen LogP contribution in [0.4, 0.5) is 4.79 Å². The molecule has 1 aliphatic rings. The fourth-order valence-corrected chi connectivity index (χ4v) is 6.15. The first kappa shape index (κ1) is 37.5. The van der Waals surface area contributed by atoms with E-state index in [-0.39, 0.29) is 30.2 Å². The first-order valence-electron chi connectivity index (χ1n) is 17.3. The van der Waals surface area contributed by atoms with Crippen LogP contribution in [0, 0.1) is 17.8 Å². The molecule has 0 aromatic heterocycles. The molecule has 5 unspecified atom stereocenters. The van der Waals surface area contributed by atoms with Gasteiger partial charge in [0.1, 0.15) is 0 Å². The van der Waals surface area contributed by atoms with Crippen molar-refractivity contribution < 1.29 is 19.4 Å². The first-order valence-corrected chi connectivity index (χ1v) is 17.3. The van der Waals surface area contributed by atoms with Crippen molar-refractivity contribution in [1.29, 1.82) is 0 Å². The minimum absolute atomic E-state index is 0.0226. The highest BCUT2D eigenvalue weighted by Gasteiger charge is 2.32. The molecule has 0 radical (unpaired) electrons. The van der Waals surface area contributed by atoms with Crippen molar-refractivity contribution >= 4 is 12.0 Å². The van der Waals surface area contributed by atoms with Crippen molar-refractivity contribution in [3.8, 4) is 0 Å². The Morgan fingerprint density at radius 1 is 0.902 bits per heavy atom. The lowest BCUT2D eigenvalue weighted by molar-refractivity contribution is -0.144. The number of urea groups is 1. The normalized spacial score (nSPS) is 20.7. The van der Waals surface area contributed by atoms with Crippen molar-refractivity contribution in [2.75, 3.05) is 6.61 Å². The topological polar surface area (TPSA) is 87.7 Å². The van der Waals surface area contributed by atoms with Gasteiger partial charge in [-0.2, -0.15) is 0 Å². The number of carbonyl (C=O) groups is 2. The van der Waals surface area contributed by atoms with Crippen molar-refractivity contribution in [2.45, 2.75) is 175 Å².